The molecule has 1 fully saturated rings. The van der Waals surface area contributed by atoms with E-state index in [-0.39, 0.29) is 0 Å². The summed E-state index contributed by atoms with van der Waals surface area (Å²) in [5, 5.41) is 4.70. The van der Waals surface area contributed by atoms with E-state index in [4.69, 9.17) is 20.8 Å². The fraction of sp³-hybridized carbons (Fsp3) is 0.316. The summed E-state index contributed by atoms with van der Waals surface area (Å²) in [5.74, 6) is 3.66. The Morgan fingerprint density at radius 2 is 2.19 bits per heavy atom. The van der Waals surface area contributed by atoms with E-state index in [9.17, 15) is 4.55 Å². The summed E-state index contributed by atoms with van der Waals surface area (Å²) in [4.78, 5) is 4.45. The fourth-order valence-electron chi connectivity index (χ4n) is 3.03. The normalized spacial score (nSPS) is 19.3. The van der Waals surface area contributed by atoms with Crippen molar-refractivity contribution in [3.05, 3.63) is 53.6 Å². The van der Waals surface area contributed by atoms with E-state index in [1.807, 2.05) is 30.3 Å². The average Bonchev–Trinajstić information content (AvgIpc) is 3.12. The minimum absolute atomic E-state index is 0.407. The minimum atomic E-state index is -0.615. The van der Waals surface area contributed by atoms with Gasteiger partial charge in [0.1, 0.15) is 33.7 Å². The Balaban J connectivity index is 1.51. The molecule has 0 aliphatic carbocycles. The Labute approximate surface area is 159 Å². The largest absolute Gasteiger partial charge is 0.616 e. The third-order valence-electron chi connectivity index (χ3n) is 4.43. The number of fused-ring (bicyclic) bond motifs is 1. The predicted molar refractivity (Wildman–Crippen MR) is 104 cm³/mol. The first-order chi connectivity index (χ1) is 12.7. The number of hydrogen-bond acceptors (Lipinski definition) is 5. The Kier molecular flexibility index (Phi) is 5.24. The van der Waals surface area contributed by atoms with Crippen molar-refractivity contribution in [1.82, 2.24) is 4.98 Å². The molecule has 0 amide bonds. The van der Waals surface area contributed by atoms with Crippen LogP contribution in [0.15, 0.2) is 47.1 Å². The Hall–Kier alpha value is -1.89. The van der Waals surface area contributed by atoms with Gasteiger partial charge in [-0.15, -0.1) is 0 Å². The maximum atomic E-state index is 11.2. The summed E-state index contributed by atoms with van der Waals surface area (Å²) < 4.78 is 22.5. The van der Waals surface area contributed by atoms with Crippen LogP contribution in [0, 0.1) is 5.92 Å². The van der Waals surface area contributed by atoms with Gasteiger partial charge >= 0.3 is 0 Å². The van der Waals surface area contributed by atoms with Gasteiger partial charge in [-0.25, -0.2) is 4.98 Å². The molecule has 4 rings (SSSR count). The number of nitrogens with zero attached hydrogens (tertiary/aromatic N) is 1. The zero-order chi connectivity index (χ0) is 17.9. The molecule has 1 aliphatic rings. The Bertz CT molecular complexity index is 882. The quantitative estimate of drug-likeness (QED) is 0.482. The minimum Gasteiger partial charge on any atom is -0.616 e. The summed E-state index contributed by atoms with van der Waals surface area (Å²) in [5.41, 5.74) is 1.62. The Morgan fingerprint density at radius 3 is 2.96 bits per heavy atom. The second kappa shape index (κ2) is 7.78. The lowest BCUT2D eigenvalue weighted by atomic mass is 10.1. The van der Waals surface area contributed by atoms with E-state index >= 15 is 0 Å². The standard InChI is InChI=1S/C19H19ClN2O3S/c20-18-9-16(21-10-14-3-2-7-24-14)15-4-1-5-17(19(15)22-18)25-8-6-13-11-26(23)12-13/h1-5,7,9,13H,6,8,10-12H2,(H,21,22). The molecule has 7 heteroatoms. The van der Waals surface area contributed by atoms with Gasteiger partial charge in [0.05, 0.1) is 25.3 Å². The summed E-state index contributed by atoms with van der Waals surface area (Å²) >= 11 is 5.61. The summed E-state index contributed by atoms with van der Waals surface area (Å²) in [6.45, 7) is 1.15. The first-order valence-electron chi connectivity index (χ1n) is 8.52. The molecule has 3 aromatic rings. The van der Waals surface area contributed by atoms with E-state index in [0.717, 1.165) is 40.3 Å². The smallest absolute Gasteiger partial charge is 0.145 e. The fourth-order valence-corrected chi connectivity index (χ4v) is 4.51. The molecule has 0 radical (unpaired) electrons. The van der Waals surface area contributed by atoms with Gasteiger partial charge in [0.25, 0.3) is 0 Å². The number of rotatable bonds is 7. The van der Waals surface area contributed by atoms with Gasteiger partial charge in [-0.1, -0.05) is 34.9 Å². The van der Waals surface area contributed by atoms with Crippen LogP contribution in [-0.4, -0.2) is 27.6 Å². The lowest BCUT2D eigenvalue weighted by Crippen LogP contribution is -2.37. The number of hydrogen-bond donors (Lipinski definition) is 1. The number of furan rings is 1. The molecular weight excluding hydrogens is 372 g/mol. The van der Waals surface area contributed by atoms with Crippen LogP contribution in [0.2, 0.25) is 5.15 Å². The molecule has 1 saturated heterocycles. The van der Waals surface area contributed by atoms with Crippen LogP contribution in [0.5, 0.6) is 5.75 Å². The number of ether oxygens (including phenoxy) is 1. The number of aromatic nitrogens is 1. The van der Waals surface area contributed by atoms with Crippen molar-refractivity contribution < 1.29 is 13.7 Å². The van der Waals surface area contributed by atoms with Crippen molar-refractivity contribution >= 4 is 39.4 Å². The Morgan fingerprint density at radius 1 is 1.31 bits per heavy atom. The number of nitrogens with one attached hydrogen (secondary N) is 1. The van der Waals surface area contributed by atoms with Crippen molar-refractivity contribution in [1.29, 1.82) is 0 Å². The lowest BCUT2D eigenvalue weighted by molar-refractivity contribution is 0.288. The summed E-state index contributed by atoms with van der Waals surface area (Å²) in [7, 11) is 0. The summed E-state index contributed by atoms with van der Waals surface area (Å²) in [6, 6.07) is 11.4. The predicted octanol–water partition coefficient (Wildman–Crippen LogP) is 4.24. The maximum Gasteiger partial charge on any atom is 0.145 e. The summed E-state index contributed by atoms with van der Waals surface area (Å²) in [6.07, 6.45) is 2.56. The molecular formula is C19H19ClN2O3S. The number of para-hydroxylation sites is 1. The molecule has 26 heavy (non-hydrogen) atoms. The number of halogens is 1. The van der Waals surface area contributed by atoms with Crippen LogP contribution in [0.25, 0.3) is 10.9 Å². The second-order valence-electron chi connectivity index (χ2n) is 6.35. The lowest BCUT2D eigenvalue weighted by Gasteiger charge is -2.28. The molecule has 3 heterocycles. The molecule has 0 bridgehead atoms. The van der Waals surface area contributed by atoms with E-state index < -0.39 is 11.2 Å². The topological polar surface area (TPSA) is 70.3 Å². The van der Waals surface area contributed by atoms with Crippen LogP contribution < -0.4 is 10.1 Å². The van der Waals surface area contributed by atoms with Crippen molar-refractivity contribution in [2.75, 3.05) is 23.4 Å². The first kappa shape index (κ1) is 17.5. The number of benzene rings is 1. The van der Waals surface area contributed by atoms with Gasteiger partial charge in [0.2, 0.25) is 0 Å². The molecule has 2 aromatic heterocycles. The third kappa shape index (κ3) is 3.92. The molecule has 1 aromatic carbocycles. The second-order valence-corrected chi connectivity index (χ2v) is 8.29. The van der Waals surface area contributed by atoms with Gasteiger partial charge in [0.15, 0.2) is 0 Å². The molecule has 1 aliphatic heterocycles. The van der Waals surface area contributed by atoms with Gasteiger partial charge < -0.3 is 19.0 Å². The van der Waals surface area contributed by atoms with Crippen LogP contribution in [0.3, 0.4) is 0 Å². The zero-order valence-electron chi connectivity index (χ0n) is 14.1. The van der Waals surface area contributed by atoms with Crippen molar-refractivity contribution in [2.45, 2.75) is 13.0 Å². The van der Waals surface area contributed by atoms with Gasteiger partial charge in [-0.05, 0) is 30.7 Å². The maximum absolute atomic E-state index is 11.2. The van der Waals surface area contributed by atoms with Gasteiger partial charge in [-0.3, -0.25) is 0 Å². The monoisotopic (exact) mass is 390 g/mol. The van der Waals surface area contributed by atoms with Crippen LogP contribution in [0.4, 0.5) is 5.69 Å². The van der Waals surface area contributed by atoms with E-state index in [2.05, 4.69) is 10.3 Å². The highest BCUT2D eigenvalue weighted by Crippen LogP contribution is 2.32. The highest BCUT2D eigenvalue weighted by molar-refractivity contribution is 7.92. The van der Waals surface area contributed by atoms with Gasteiger partial charge in [0, 0.05) is 11.1 Å². The van der Waals surface area contributed by atoms with Crippen LogP contribution in [-0.2, 0) is 17.7 Å². The van der Waals surface area contributed by atoms with E-state index in [1.54, 1.807) is 12.3 Å². The molecule has 0 saturated carbocycles. The number of pyridine rings is 1. The zero-order valence-corrected chi connectivity index (χ0v) is 15.7. The van der Waals surface area contributed by atoms with E-state index in [0.29, 0.717) is 30.0 Å². The highest BCUT2D eigenvalue weighted by Gasteiger charge is 2.31. The van der Waals surface area contributed by atoms with Crippen LogP contribution >= 0.6 is 11.6 Å². The van der Waals surface area contributed by atoms with Crippen molar-refractivity contribution in [2.24, 2.45) is 5.92 Å². The molecule has 136 valence electrons. The number of anilines is 1. The molecule has 0 atom stereocenters. The van der Waals surface area contributed by atoms with Crippen LogP contribution in [0.1, 0.15) is 12.2 Å². The molecule has 1 N–H and O–H groups in total. The van der Waals surface area contributed by atoms with Crippen molar-refractivity contribution in [3.63, 3.8) is 0 Å². The van der Waals surface area contributed by atoms with Crippen molar-refractivity contribution in [3.8, 4) is 5.75 Å². The molecule has 0 spiro atoms. The molecule has 0 unspecified atom stereocenters. The highest BCUT2D eigenvalue weighted by atomic mass is 35.5. The SMILES string of the molecule is [O-][S+]1CC(CCOc2cccc3c(NCc4ccco4)cc(Cl)nc23)C1. The average molecular weight is 391 g/mol. The molecule has 5 nitrogen and oxygen atoms in total. The van der Waals surface area contributed by atoms with E-state index in [1.165, 1.54) is 0 Å². The first-order valence-corrected chi connectivity index (χ1v) is 10.4. The third-order valence-corrected chi connectivity index (χ3v) is 6.31. The van der Waals surface area contributed by atoms with Gasteiger partial charge in [-0.2, -0.15) is 0 Å².